The van der Waals surface area contributed by atoms with Gasteiger partial charge in [-0.1, -0.05) is 13.3 Å². The fourth-order valence-corrected chi connectivity index (χ4v) is 3.42. The van der Waals surface area contributed by atoms with Crippen molar-refractivity contribution in [1.29, 1.82) is 0 Å². The summed E-state index contributed by atoms with van der Waals surface area (Å²) in [5, 5.41) is 2.42. The Morgan fingerprint density at radius 3 is 3.00 bits per heavy atom. The van der Waals surface area contributed by atoms with Crippen LogP contribution in [-0.4, -0.2) is 25.5 Å². The van der Waals surface area contributed by atoms with E-state index in [2.05, 4.69) is 12.2 Å². The molecule has 0 aliphatic heterocycles. The second kappa shape index (κ2) is 6.19. The third-order valence-electron chi connectivity index (χ3n) is 3.58. The lowest BCUT2D eigenvalue weighted by Crippen LogP contribution is -2.24. The quantitative estimate of drug-likeness (QED) is 0.861. The number of likely N-dealkylation sites (N-methyl/N-ethyl adjacent to an activating group) is 1. The average Bonchev–Trinajstić information content (AvgIpc) is 2.86. The van der Waals surface area contributed by atoms with Gasteiger partial charge in [0.15, 0.2) is 6.61 Å². The minimum absolute atomic E-state index is 0.213. The van der Waals surface area contributed by atoms with E-state index >= 15 is 0 Å². The molecule has 1 aromatic rings. The van der Waals surface area contributed by atoms with Crippen LogP contribution in [0.5, 0.6) is 0 Å². The Balaban J connectivity index is 2.00. The van der Waals surface area contributed by atoms with E-state index in [1.165, 1.54) is 41.7 Å². The lowest BCUT2D eigenvalue weighted by atomic mass is 9.87. The number of nitrogens with one attached hydrogen (secondary N) is 1. The van der Waals surface area contributed by atoms with Crippen LogP contribution in [0.25, 0.3) is 0 Å². The first-order valence-corrected chi connectivity index (χ1v) is 7.45. The molecule has 2 rings (SSSR count). The van der Waals surface area contributed by atoms with Gasteiger partial charge in [-0.05, 0) is 36.8 Å². The lowest BCUT2D eigenvalue weighted by molar-refractivity contribution is -0.123. The number of amides is 1. The highest BCUT2D eigenvalue weighted by atomic mass is 32.1. The Morgan fingerprint density at radius 2 is 2.32 bits per heavy atom. The van der Waals surface area contributed by atoms with Crippen LogP contribution in [0.1, 0.15) is 39.9 Å². The zero-order valence-electron chi connectivity index (χ0n) is 11.3. The Hall–Kier alpha value is -1.36. The first-order valence-electron chi connectivity index (χ1n) is 6.63. The fourth-order valence-electron chi connectivity index (χ4n) is 2.32. The highest BCUT2D eigenvalue weighted by molar-refractivity contribution is 7.14. The topological polar surface area (TPSA) is 55.4 Å². The fraction of sp³-hybridized carbons (Fsp3) is 0.571. The van der Waals surface area contributed by atoms with Crippen LogP contribution < -0.4 is 5.32 Å². The highest BCUT2D eigenvalue weighted by Gasteiger charge is 2.22. The molecular weight excluding hydrogens is 262 g/mol. The van der Waals surface area contributed by atoms with Crippen molar-refractivity contribution in [1.82, 2.24) is 5.32 Å². The average molecular weight is 281 g/mol. The van der Waals surface area contributed by atoms with Crippen molar-refractivity contribution >= 4 is 23.2 Å². The first-order chi connectivity index (χ1) is 9.13. The molecule has 4 nitrogen and oxygen atoms in total. The minimum atomic E-state index is -0.393. The van der Waals surface area contributed by atoms with E-state index < -0.39 is 5.97 Å². The van der Waals surface area contributed by atoms with Gasteiger partial charge in [0, 0.05) is 11.9 Å². The van der Waals surface area contributed by atoms with E-state index in [1.807, 2.05) is 6.07 Å². The van der Waals surface area contributed by atoms with E-state index in [1.54, 1.807) is 0 Å². The first kappa shape index (κ1) is 14.1. The molecular formula is C14H19NO3S. The monoisotopic (exact) mass is 281 g/mol. The summed E-state index contributed by atoms with van der Waals surface area (Å²) in [7, 11) is 1.52. The van der Waals surface area contributed by atoms with Crippen molar-refractivity contribution in [3.8, 4) is 0 Å². The number of ether oxygens (including phenoxy) is 1. The molecule has 0 aromatic carbocycles. The van der Waals surface area contributed by atoms with Crippen molar-refractivity contribution in [2.24, 2.45) is 5.92 Å². The number of rotatable bonds is 4. The van der Waals surface area contributed by atoms with E-state index in [4.69, 9.17) is 4.74 Å². The van der Waals surface area contributed by atoms with Crippen LogP contribution in [0.4, 0.5) is 0 Å². The summed E-state index contributed by atoms with van der Waals surface area (Å²) >= 11 is 1.51. The molecule has 1 aliphatic rings. The van der Waals surface area contributed by atoms with Crippen LogP contribution in [0.15, 0.2) is 6.07 Å². The van der Waals surface area contributed by atoms with Crippen LogP contribution in [0.2, 0.25) is 0 Å². The van der Waals surface area contributed by atoms with Gasteiger partial charge in [-0.3, -0.25) is 4.79 Å². The van der Waals surface area contributed by atoms with E-state index in [9.17, 15) is 9.59 Å². The van der Waals surface area contributed by atoms with Gasteiger partial charge in [0.1, 0.15) is 4.88 Å². The van der Waals surface area contributed by atoms with Crippen molar-refractivity contribution in [3.63, 3.8) is 0 Å². The van der Waals surface area contributed by atoms with Crippen molar-refractivity contribution in [3.05, 3.63) is 21.4 Å². The minimum Gasteiger partial charge on any atom is -0.451 e. The molecule has 1 N–H and O–H groups in total. The number of thiophene rings is 1. The molecule has 19 heavy (non-hydrogen) atoms. The molecule has 0 radical (unpaired) electrons. The smallest absolute Gasteiger partial charge is 0.348 e. The molecule has 1 aromatic heterocycles. The van der Waals surface area contributed by atoms with Crippen LogP contribution in [0, 0.1) is 5.92 Å². The molecule has 0 unspecified atom stereocenters. The van der Waals surface area contributed by atoms with Gasteiger partial charge in [-0.25, -0.2) is 4.79 Å². The molecule has 0 saturated carbocycles. The molecule has 1 atom stereocenters. The predicted molar refractivity (Wildman–Crippen MR) is 74.5 cm³/mol. The number of carbonyl (C=O) groups excluding carboxylic acids is 2. The molecule has 104 valence electrons. The number of hydrogen-bond donors (Lipinski definition) is 1. The number of esters is 1. The van der Waals surface area contributed by atoms with Crippen molar-refractivity contribution in [2.75, 3.05) is 13.7 Å². The van der Waals surface area contributed by atoms with Gasteiger partial charge in [-0.2, -0.15) is 0 Å². The number of hydrogen-bond acceptors (Lipinski definition) is 4. The number of carbonyl (C=O) groups is 2. The number of fused-ring (bicyclic) bond motifs is 1. The molecule has 0 bridgehead atoms. The summed E-state index contributed by atoms with van der Waals surface area (Å²) in [5.41, 5.74) is 1.29. The van der Waals surface area contributed by atoms with Gasteiger partial charge >= 0.3 is 5.97 Å². The largest absolute Gasteiger partial charge is 0.451 e. The summed E-state index contributed by atoms with van der Waals surface area (Å²) in [6.45, 7) is 2.00. The molecule has 1 heterocycles. The third-order valence-corrected chi connectivity index (χ3v) is 4.79. The summed E-state index contributed by atoms with van der Waals surface area (Å²) in [6, 6.07) is 1.94. The van der Waals surface area contributed by atoms with Gasteiger partial charge in [0.05, 0.1) is 0 Å². The maximum Gasteiger partial charge on any atom is 0.348 e. The maximum atomic E-state index is 11.8. The van der Waals surface area contributed by atoms with E-state index in [-0.39, 0.29) is 12.5 Å². The normalized spacial score (nSPS) is 17.7. The highest BCUT2D eigenvalue weighted by Crippen LogP contribution is 2.33. The molecule has 0 spiro atoms. The molecule has 0 saturated heterocycles. The Kier molecular flexibility index (Phi) is 4.58. The van der Waals surface area contributed by atoms with Crippen LogP contribution >= 0.6 is 11.3 Å². The van der Waals surface area contributed by atoms with Crippen molar-refractivity contribution in [2.45, 2.75) is 32.6 Å². The molecule has 1 aliphatic carbocycles. The standard InChI is InChI=1S/C14H19NO3S/c1-3-9-4-5-11-10(6-9)7-12(19-11)14(17)18-8-13(16)15-2/h7,9H,3-6,8H2,1-2H3,(H,15,16)/t9-/m0/s1. The third kappa shape index (κ3) is 3.35. The second-order valence-electron chi connectivity index (χ2n) is 4.83. The Labute approximate surface area is 117 Å². The second-order valence-corrected chi connectivity index (χ2v) is 5.96. The Bertz CT molecular complexity index is 481. The summed E-state index contributed by atoms with van der Waals surface area (Å²) in [4.78, 5) is 24.8. The van der Waals surface area contributed by atoms with Crippen LogP contribution in [-0.2, 0) is 22.4 Å². The molecule has 5 heteroatoms. The van der Waals surface area contributed by atoms with Gasteiger partial charge in [-0.15, -0.1) is 11.3 Å². The lowest BCUT2D eigenvalue weighted by Gasteiger charge is -2.19. The SMILES string of the molecule is CC[C@H]1CCc2sc(C(=O)OCC(=O)NC)cc2C1. The van der Waals surface area contributed by atoms with Gasteiger partial charge in [0.25, 0.3) is 5.91 Å². The number of aryl methyl sites for hydroxylation is 1. The summed E-state index contributed by atoms with van der Waals surface area (Å²) in [6.07, 6.45) is 4.51. The zero-order valence-corrected chi connectivity index (χ0v) is 12.1. The van der Waals surface area contributed by atoms with E-state index in [0.29, 0.717) is 4.88 Å². The zero-order chi connectivity index (χ0) is 13.8. The van der Waals surface area contributed by atoms with Gasteiger partial charge < -0.3 is 10.1 Å². The molecule has 0 fully saturated rings. The summed E-state index contributed by atoms with van der Waals surface area (Å²) < 4.78 is 4.97. The van der Waals surface area contributed by atoms with Gasteiger partial charge in [0.2, 0.25) is 0 Å². The Morgan fingerprint density at radius 1 is 1.53 bits per heavy atom. The summed E-state index contributed by atoms with van der Waals surface area (Å²) in [5.74, 6) is 0.0496. The predicted octanol–water partition coefficient (Wildman–Crippen LogP) is 2.17. The van der Waals surface area contributed by atoms with E-state index in [0.717, 1.165) is 18.8 Å². The molecule has 1 amide bonds. The van der Waals surface area contributed by atoms with Crippen molar-refractivity contribution < 1.29 is 14.3 Å². The maximum absolute atomic E-state index is 11.8. The van der Waals surface area contributed by atoms with Crippen LogP contribution in [0.3, 0.4) is 0 Å².